The standard InChI is InChI=1S/C36H32ClF2N3O4/c1-21(34-41-30-11-7-22(35(43)44-2)16-31(30)42(34)20-36(19-38)13-14-36)25-9-10-27(33-26(25)12-15-45-33)29-4-3-5-32(40-29)46-18-23-6-8-24(37)17-28(23)39/h3-11,16-17,21H,12-15,18-20H2,1-2H3. The van der Waals surface area contributed by atoms with Gasteiger partial charge < -0.3 is 18.8 Å². The largest absolute Gasteiger partial charge is 0.492 e. The zero-order chi connectivity index (χ0) is 32.0. The molecule has 46 heavy (non-hydrogen) atoms. The fourth-order valence-corrected chi connectivity index (χ4v) is 6.39. The van der Waals surface area contributed by atoms with Gasteiger partial charge in [-0.2, -0.15) is 0 Å². The van der Waals surface area contributed by atoms with Crippen molar-refractivity contribution in [3.05, 3.63) is 106 Å². The van der Waals surface area contributed by atoms with E-state index in [1.165, 1.54) is 13.2 Å². The summed E-state index contributed by atoms with van der Waals surface area (Å²) in [7, 11) is 1.35. The van der Waals surface area contributed by atoms with E-state index in [0.29, 0.717) is 40.9 Å². The third kappa shape index (κ3) is 5.57. The number of fused-ring (bicyclic) bond motifs is 2. The van der Waals surface area contributed by atoms with Gasteiger partial charge in [0.1, 0.15) is 24.0 Å². The van der Waals surface area contributed by atoms with Crippen LogP contribution in [0.3, 0.4) is 0 Å². The van der Waals surface area contributed by atoms with Crippen LogP contribution in [0.5, 0.6) is 11.6 Å². The lowest BCUT2D eigenvalue weighted by molar-refractivity contribution is 0.0601. The second-order valence-corrected chi connectivity index (χ2v) is 12.5. The number of carbonyl (C=O) groups is 1. The summed E-state index contributed by atoms with van der Waals surface area (Å²) in [4.78, 5) is 22.1. The van der Waals surface area contributed by atoms with E-state index in [1.54, 1.807) is 30.3 Å². The minimum atomic E-state index is -0.436. The average molecular weight is 644 g/mol. The SMILES string of the molecule is COC(=O)c1ccc2nc(C(C)c3ccc(-c4cccc(OCc5ccc(Cl)cc5F)n4)c4c3CCO4)n(CC3(CF)CC3)c2c1. The summed E-state index contributed by atoms with van der Waals surface area (Å²) in [5, 5.41) is 0.324. The summed E-state index contributed by atoms with van der Waals surface area (Å²) in [5.41, 5.74) is 5.57. The van der Waals surface area contributed by atoms with Crippen LogP contribution in [0, 0.1) is 11.2 Å². The second kappa shape index (κ2) is 12.0. The van der Waals surface area contributed by atoms with Crippen LogP contribution in [0.4, 0.5) is 8.78 Å². The molecular formula is C36H32ClF2N3O4. The van der Waals surface area contributed by atoms with Crippen molar-refractivity contribution in [1.29, 1.82) is 0 Å². The van der Waals surface area contributed by atoms with Crippen LogP contribution in [-0.4, -0.2) is 40.9 Å². The Kier molecular flexibility index (Phi) is 7.88. The molecule has 5 aromatic rings. The highest BCUT2D eigenvalue weighted by Crippen LogP contribution is 2.49. The van der Waals surface area contributed by atoms with Crippen molar-refractivity contribution in [3.8, 4) is 22.9 Å². The number of hydrogen-bond donors (Lipinski definition) is 0. The molecule has 10 heteroatoms. The number of hydrogen-bond acceptors (Lipinski definition) is 6. The summed E-state index contributed by atoms with van der Waals surface area (Å²) in [6.07, 6.45) is 2.35. The molecule has 7 nitrogen and oxygen atoms in total. The minimum absolute atomic E-state index is 0.0102. The van der Waals surface area contributed by atoms with E-state index in [9.17, 15) is 13.6 Å². The van der Waals surface area contributed by atoms with E-state index in [0.717, 1.165) is 58.6 Å². The zero-order valence-corrected chi connectivity index (χ0v) is 26.2. The van der Waals surface area contributed by atoms with Crippen molar-refractivity contribution >= 4 is 28.6 Å². The zero-order valence-electron chi connectivity index (χ0n) is 25.5. The lowest BCUT2D eigenvalue weighted by Gasteiger charge is -2.21. The molecule has 0 N–H and O–H groups in total. The van der Waals surface area contributed by atoms with Crippen LogP contribution < -0.4 is 9.47 Å². The highest BCUT2D eigenvalue weighted by atomic mass is 35.5. The number of benzene rings is 3. The first kappa shape index (κ1) is 30.2. The maximum absolute atomic E-state index is 14.3. The Morgan fingerprint density at radius 2 is 1.96 bits per heavy atom. The average Bonchev–Trinajstić information content (AvgIpc) is 3.51. The third-order valence-corrected chi connectivity index (χ3v) is 9.31. The number of methoxy groups -OCH3 is 1. The van der Waals surface area contributed by atoms with Crippen molar-refractivity contribution in [1.82, 2.24) is 14.5 Å². The number of carbonyl (C=O) groups excluding carboxylic acids is 1. The molecule has 7 rings (SSSR count). The summed E-state index contributed by atoms with van der Waals surface area (Å²) in [6, 6.07) is 19.3. The summed E-state index contributed by atoms with van der Waals surface area (Å²) in [6.45, 7) is 2.72. The van der Waals surface area contributed by atoms with E-state index in [4.69, 9.17) is 35.8 Å². The predicted molar refractivity (Wildman–Crippen MR) is 171 cm³/mol. The van der Waals surface area contributed by atoms with Crippen LogP contribution in [-0.2, 0) is 24.3 Å². The Morgan fingerprint density at radius 1 is 1.11 bits per heavy atom. The van der Waals surface area contributed by atoms with Gasteiger partial charge in [-0.3, -0.25) is 4.39 Å². The predicted octanol–water partition coefficient (Wildman–Crippen LogP) is 8.09. The molecule has 2 aromatic heterocycles. The smallest absolute Gasteiger partial charge is 0.337 e. The molecule has 3 aromatic carbocycles. The van der Waals surface area contributed by atoms with Crippen molar-refractivity contribution in [3.63, 3.8) is 0 Å². The second-order valence-electron chi connectivity index (χ2n) is 12.1. The maximum atomic E-state index is 14.3. The van der Waals surface area contributed by atoms with E-state index >= 15 is 0 Å². The van der Waals surface area contributed by atoms with Gasteiger partial charge in [0, 0.05) is 52.1 Å². The summed E-state index contributed by atoms with van der Waals surface area (Å²) < 4.78 is 47.5. The van der Waals surface area contributed by atoms with Crippen molar-refractivity contribution in [2.75, 3.05) is 20.4 Å². The first-order valence-corrected chi connectivity index (χ1v) is 15.6. The van der Waals surface area contributed by atoms with E-state index < -0.39 is 23.9 Å². The van der Waals surface area contributed by atoms with Crippen molar-refractivity contribution < 1.29 is 27.8 Å². The number of nitrogens with zero attached hydrogens (tertiary/aromatic N) is 3. The normalized spacial score (nSPS) is 15.3. The molecule has 1 aliphatic heterocycles. The van der Waals surface area contributed by atoms with Gasteiger partial charge in [0.05, 0.1) is 42.7 Å². The number of rotatable bonds is 10. The number of alkyl halides is 1. The van der Waals surface area contributed by atoms with Gasteiger partial charge in [-0.15, -0.1) is 0 Å². The third-order valence-electron chi connectivity index (χ3n) is 9.07. The van der Waals surface area contributed by atoms with Gasteiger partial charge in [-0.05, 0) is 60.9 Å². The molecule has 0 amide bonds. The molecule has 236 valence electrons. The van der Waals surface area contributed by atoms with Gasteiger partial charge in [-0.25, -0.2) is 19.2 Å². The highest BCUT2D eigenvalue weighted by molar-refractivity contribution is 6.30. The molecule has 0 radical (unpaired) electrons. The van der Waals surface area contributed by atoms with Crippen LogP contribution in [0.2, 0.25) is 5.02 Å². The molecule has 1 unspecified atom stereocenters. The molecule has 3 heterocycles. The Hall–Kier alpha value is -4.50. The number of ether oxygens (including phenoxy) is 3. The monoisotopic (exact) mass is 643 g/mol. The lowest BCUT2D eigenvalue weighted by Crippen LogP contribution is -2.18. The quantitative estimate of drug-likeness (QED) is 0.143. The molecule has 1 aliphatic carbocycles. The van der Waals surface area contributed by atoms with Crippen molar-refractivity contribution in [2.45, 2.75) is 45.3 Å². The van der Waals surface area contributed by atoms with Gasteiger partial charge in [0.25, 0.3) is 0 Å². The number of pyridine rings is 1. The Bertz CT molecular complexity index is 1970. The molecular weight excluding hydrogens is 612 g/mol. The number of imidazole rings is 1. The molecule has 0 saturated heterocycles. The summed E-state index contributed by atoms with van der Waals surface area (Å²) in [5.74, 6) is 0.914. The van der Waals surface area contributed by atoms with Crippen LogP contribution in [0.15, 0.2) is 66.7 Å². The maximum Gasteiger partial charge on any atom is 0.337 e. The molecule has 1 atom stereocenters. The topological polar surface area (TPSA) is 75.5 Å². The first-order chi connectivity index (χ1) is 22.3. The Balaban J connectivity index is 1.23. The highest BCUT2D eigenvalue weighted by Gasteiger charge is 2.44. The van der Waals surface area contributed by atoms with E-state index in [-0.39, 0.29) is 12.5 Å². The van der Waals surface area contributed by atoms with Crippen LogP contribution in [0.1, 0.15) is 58.6 Å². The molecule has 1 saturated carbocycles. The molecule has 1 fully saturated rings. The van der Waals surface area contributed by atoms with Crippen LogP contribution in [0.25, 0.3) is 22.3 Å². The lowest BCUT2D eigenvalue weighted by atomic mass is 9.91. The fourth-order valence-electron chi connectivity index (χ4n) is 6.23. The van der Waals surface area contributed by atoms with Crippen molar-refractivity contribution in [2.24, 2.45) is 5.41 Å². The molecule has 0 bridgehead atoms. The number of esters is 1. The first-order valence-electron chi connectivity index (χ1n) is 15.3. The van der Waals surface area contributed by atoms with Gasteiger partial charge >= 0.3 is 5.97 Å². The van der Waals surface area contributed by atoms with E-state index in [1.807, 2.05) is 24.3 Å². The fraction of sp³-hybridized carbons (Fsp3) is 0.306. The van der Waals surface area contributed by atoms with Crippen LogP contribution >= 0.6 is 11.6 Å². The Morgan fingerprint density at radius 3 is 2.72 bits per heavy atom. The minimum Gasteiger partial charge on any atom is -0.492 e. The van der Waals surface area contributed by atoms with Gasteiger partial charge in [0.2, 0.25) is 5.88 Å². The number of aromatic nitrogens is 3. The van der Waals surface area contributed by atoms with E-state index in [2.05, 4.69) is 17.6 Å². The Labute approximate surface area is 270 Å². The van der Waals surface area contributed by atoms with Gasteiger partial charge in [-0.1, -0.05) is 36.7 Å². The number of halogens is 3. The van der Waals surface area contributed by atoms with Gasteiger partial charge in [0.15, 0.2) is 0 Å². The molecule has 0 spiro atoms. The summed E-state index contributed by atoms with van der Waals surface area (Å²) >= 11 is 5.88. The molecule has 2 aliphatic rings.